The summed E-state index contributed by atoms with van der Waals surface area (Å²) in [6.07, 6.45) is 6.38. The van der Waals surface area contributed by atoms with Crippen molar-refractivity contribution in [2.45, 2.75) is 35.6 Å². The van der Waals surface area contributed by atoms with E-state index in [2.05, 4.69) is 10.3 Å². The molecule has 7 heteroatoms. The van der Waals surface area contributed by atoms with Gasteiger partial charge in [0.2, 0.25) is 0 Å². The molecule has 0 saturated heterocycles. The minimum Gasteiger partial charge on any atom is -0.338 e. The number of carbonyl (C=O) groups is 1. The zero-order valence-electron chi connectivity index (χ0n) is 16.4. The highest BCUT2D eigenvalue weighted by molar-refractivity contribution is 7.85. The first-order valence-electron chi connectivity index (χ1n) is 9.87. The van der Waals surface area contributed by atoms with Gasteiger partial charge in [0.1, 0.15) is 0 Å². The average molecular weight is 440 g/mol. The number of aromatic nitrogens is 1. The van der Waals surface area contributed by atoms with E-state index in [9.17, 15) is 9.00 Å². The Bertz CT molecular complexity index is 1080. The number of fused-ring (bicyclic) bond motifs is 2. The second-order valence-electron chi connectivity index (χ2n) is 7.12. The van der Waals surface area contributed by atoms with Gasteiger partial charge >= 0.3 is 6.03 Å². The minimum absolute atomic E-state index is 0.212. The van der Waals surface area contributed by atoms with Crippen LogP contribution in [0.5, 0.6) is 0 Å². The number of aryl methyl sites for hydroxylation is 1. The number of hydrogen-bond donors (Lipinski definition) is 1. The third kappa shape index (κ3) is 4.55. The van der Waals surface area contributed by atoms with Crippen LogP contribution in [0.2, 0.25) is 5.02 Å². The van der Waals surface area contributed by atoms with Crippen LogP contribution in [0, 0.1) is 0 Å². The molecule has 1 atom stereocenters. The molecule has 1 aliphatic rings. The van der Waals surface area contributed by atoms with Crippen LogP contribution in [0.1, 0.15) is 24.0 Å². The number of halogens is 1. The van der Waals surface area contributed by atoms with Crippen molar-refractivity contribution in [1.29, 1.82) is 0 Å². The Hall–Kier alpha value is -2.70. The Kier molecular flexibility index (Phi) is 6.45. The van der Waals surface area contributed by atoms with Crippen molar-refractivity contribution in [3.05, 3.63) is 83.1 Å². The molecule has 1 aliphatic heterocycles. The van der Waals surface area contributed by atoms with Gasteiger partial charge in [0, 0.05) is 28.9 Å². The van der Waals surface area contributed by atoms with Crippen LogP contribution in [-0.4, -0.2) is 21.8 Å². The van der Waals surface area contributed by atoms with Gasteiger partial charge in [0.15, 0.2) is 0 Å². The zero-order valence-corrected chi connectivity index (χ0v) is 18.0. The molecule has 5 nitrogen and oxygen atoms in total. The van der Waals surface area contributed by atoms with Crippen molar-refractivity contribution in [3.63, 3.8) is 0 Å². The van der Waals surface area contributed by atoms with Gasteiger partial charge < -0.3 is 5.32 Å². The summed E-state index contributed by atoms with van der Waals surface area (Å²) in [5.74, 6) is 0. The number of benzene rings is 2. The lowest BCUT2D eigenvalue weighted by Crippen LogP contribution is -2.40. The summed E-state index contributed by atoms with van der Waals surface area (Å²) in [6.45, 7) is 0.916. The molecule has 0 saturated carbocycles. The van der Waals surface area contributed by atoms with Crippen LogP contribution < -0.4 is 10.2 Å². The Morgan fingerprint density at radius 1 is 1.07 bits per heavy atom. The van der Waals surface area contributed by atoms with Crippen molar-refractivity contribution in [2.24, 2.45) is 0 Å². The fourth-order valence-corrected chi connectivity index (χ4v) is 5.05. The molecule has 3 aromatic rings. The number of anilines is 1. The van der Waals surface area contributed by atoms with E-state index in [0.29, 0.717) is 28.7 Å². The summed E-state index contributed by atoms with van der Waals surface area (Å²) in [6, 6.07) is 16.5. The topological polar surface area (TPSA) is 62.3 Å². The molecule has 4 rings (SSSR count). The first-order valence-corrected chi connectivity index (χ1v) is 11.4. The van der Waals surface area contributed by atoms with Crippen LogP contribution in [0.25, 0.3) is 0 Å². The molecule has 0 spiro atoms. The summed E-state index contributed by atoms with van der Waals surface area (Å²) in [7, 11) is -1.37. The zero-order chi connectivity index (χ0) is 20.9. The van der Waals surface area contributed by atoms with E-state index in [1.165, 1.54) is 5.56 Å². The van der Waals surface area contributed by atoms with Gasteiger partial charge in [-0.25, -0.2) is 9.00 Å². The van der Waals surface area contributed by atoms with Gasteiger partial charge in [-0.2, -0.15) is 0 Å². The maximum Gasteiger partial charge on any atom is 0.322 e. The molecule has 1 aromatic heterocycles. The number of unbranched alkanes of at least 4 members (excludes halogenated alkanes) is 1. The van der Waals surface area contributed by atoms with E-state index in [1.54, 1.807) is 35.5 Å². The first kappa shape index (κ1) is 20.6. The molecule has 2 aromatic carbocycles. The van der Waals surface area contributed by atoms with Crippen LogP contribution in [0.3, 0.4) is 0 Å². The van der Waals surface area contributed by atoms with E-state index in [-0.39, 0.29) is 6.03 Å². The highest BCUT2D eigenvalue weighted by Crippen LogP contribution is 2.36. The van der Waals surface area contributed by atoms with E-state index in [4.69, 9.17) is 11.6 Å². The van der Waals surface area contributed by atoms with Gasteiger partial charge in [-0.05, 0) is 66.8 Å². The maximum absolute atomic E-state index is 13.1. The molecule has 0 radical (unpaired) electrons. The highest BCUT2D eigenvalue weighted by atomic mass is 35.5. The van der Waals surface area contributed by atoms with E-state index >= 15 is 0 Å². The van der Waals surface area contributed by atoms with E-state index in [1.807, 2.05) is 36.4 Å². The third-order valence-corrected chi connectivity index (χ3v) is 6.85. The summed E-state index contributed by atoms with van der Waals surface area (Å²) in [5, 5.41) is 3.51. The van der Waals surface area contributed by atoms with Gasteiger partial charge in [-0.3, -0.25) is 9.88 Å². The highest BCUT2D eigenvalue weighted by Gasteiger charge is 2.28. The molecule has 1 unspecified atom stereocenters. The molecule has 0 bridgehead atoms. The number of nitrogens with zero attached hydrogens (tertiary/aromatic N) is 2. The Balaban J connectivity index is 1.47. The minimum atomic E-state index is -1.37. The monoisotopic (exact) mass is 439 g/mol. The second kappa shape index (κ2) is 9.41. The van der Waals surface area contributed by atoms with Crippen LogP contribution in [0.15, 0.2) is 76.8 Å². The summed E-state index contributed by atoms with van der Waals surface area (Å²) >= 11 is 6.20. The standard InChI is InChI=1S/C23H22ClN3O2S/c24-19-8-9-22-20(15-19)27(16-18-6-1-2-7-21(18)30(22)29)23(28)26-12-4-3-5-17-10-13-25-14-11-17/h1-2,6-11,13-15H,3-5,12,16H2,(H,26,28). The quantitative estimate of drug-likeness (QED) is 0.572. The number of amides is 2. The fourth-order valence-electron chi connectivity index (χ4n) is 3.52. The lowest BCUT2D eigenvalue weighted by atomic mass is 10.1. The number of urea groups is 1. The second-order valence-corrected chi connectivity index (χ2v) is 8.97. The molecule has 0 aliphatic carbocycles. The van der Waals surface area contributed by atoms with Crippen molar-refractivity contribution in [2.75, 3.05) is 11.4 Å². The smallest absolute Gasteiger partial charge is 0.322 e. The summed E-state index contributed by atoms with van der Waals surface area (Å²) in [5.41, 5.74) is 2.70. The summed E-state index contributed by atoms with van der Waals surface area (Å²) < 4.78 is 13.1. The largest absolute Gasteiger partial charge is 0.338 e. The van der Waals surface area contributed by atoms with Crippen LogP contribution in [0.4, 0.5) is 10.5 Å². The SMILES string of the molecule is O=C(NCCCCc1ccncc1)N1Cc2ccccc2S(=O)c2ccc(Cl)cc21. The van der Waals surface area contributed by atoms with Crippen LogP contribution in [-0.2, 0) is 23.8 Å². The van der Waals surface area contributed by atoms with Crippen molar-refractivity contribution in [3.8, 4) is 0 Å². The molecule has 0 fully saturated rings. The lowest BCUT2D eigenvalue weighted by molar-refractivity contribution is 0.245. The summed E-state index contributed by atoms with van der Waals surface area (Å²) in [4.78, 5) is 20.0. The van der Waals surface area contributed by atoms with Gasteiger partial charge in [0.25, 0.3) is 0 Å². The van der Waals surface area contributed by atoms with E-state index < -0.39 is 10.8 Å². The Labute approximate surface area is 183 Å². The predicted molar refractivity (Wildman–Crippen MR) is 119 cm³/mol. The number of rotatable bonds is 5. The van der Waals surface area contributed by atoms with Gasteiger partial charge in [0.05, 0.1) is 27.9 Å². The van der Waals surface area contributed by atoms with Gasteiger partial charge in [-0.15, -0.1) is 0 Å². The number of carbonyl (C=O) groups excluding carboxylic acids is 1. The molecule has 1 N–H and O–H groups in total. The Morgan fingerprint density at radius 2 is 1.87 bits per heavy atom. The first-order chi connectivity index (χ1) is 14.6. The molecular weight excluding hydrogens is 418 g/mol. The van der Waals surface area contributed by atoms with E-state index in [0.717, 1.165) is 29.7 Å². The molecule has 2 heterocycles. The maximum atomic E-state index is 13.1. The average Bonchev–Trinajstić information content (AvgIpc) is 2.89. The number of hydrogen-bond acceptors (Lipinski definition) is 3. The molecule has 154 valence electrons. The van der Waals surface area contributed by atoms with Gasteiger partial charge in [-0.1, -0.05) is 29.8 Å². The van der Waals surface area contributed by atoms with Crippen LogP contribution >= 0.6 is 11.6 Å². The number of nitrogens with one attached hydrogen (secondary N) is 1. The van der Waals surface area contributed by atoms with Crippen molar-refractivity contribution < 1.29 is 9.00 Å². The predicted octanol–water partition coefficient (Wildman–Crippen LogP) is 4.95. The third-order valence-electron chi connectivity index (χ3n) is 5.08. The molecule has 30 heavy (non-hydrogen) atoms. The normalized spacial score (nSPS) is 15.1. The lowest BCUT2D eigenvalue weighted by Gasteiger charge is -2.23. The fraction of sp³-hybridized carbons (Fsp3) is 0.217. The van der Waals surface area contributed by atoms with Crippen molar-refractivity contribution in [1.82, 2.24) is 10.3 Å². The van der Waals surface area contributed by atoms with Crippen molar-refractivity contribution >= 4 is 34.1 Å². The molecule has 2 amide bonds. The molecular formula is C23H22ClN3O2S. The number of pyridine rings is 1. The Morgan fingerprint density at radius 3 is 2.70 bits per heavy atom.